The number of hydrogen-bond donors (Lipinski definition) is 1. The van der Waals surface area contributed by atoms with E-state index in [-0.39, 0.29) is 5.56 Å². The highest BCUT2D eigenvalue weighted by Gasteiger charge is 2.26. The summed E-state index contributed by atoms with van der Waals surface area (Å²) in [7, 11) is 5.06. The van der Waals surface area contributed by atoms with E-state index in [1.54, 1.807) is 13.2 Å². The van der Waals surface area contributed by atoms with Crippen molar-refractivity contribution >= 4 is 28.0 Å². The van der Waals surface area contributed by atoms with E-state index in [9.17, 15) is 9.90 Å². The van der Waals surface area contributed by atoms with Crippen LogP contribution in [0.1, 0.15) is 23.2 Å². The fraction of sp³-hybridized carbons (Fsp3) is 0.318. The molecule has 8 heteroatoms. The van der Waals surface area contributed by atoms with Crippen LogP contribution in [0.15, 0.2) is 30.3 Å². The second-order valence-electron chi connectivity index (χ2n) is 7.70. The normalized spacial score (nSPS) is 13.8. The molecular formula is C22H22N4O4. The van der Waals surface area contributed by atoms with E-state index in [0.717, 1.165) is 34.6 Å². The minimum atomic E-state index is -1.01. The summed E-state index contributed by atoms with van der Waals surface area (Å²) in [6.07, 6.45) is 2.42. The van der Waals surface area contributed by atoms with Gasteiger partial charge in [-0.05, 0) is 43.0 Å². The second kappa shape index (κ2) is 6.76. The molecule has 1 fully saturated rings. The van der Waals surface area contributed by atoms with Gasteiger partial charge in [-0.15, -0.1) is 0 Å². The van der Waals surface area contributed by atoms with Crippen molar-refractivity contribution in [2.75, 3.05) is 14.2 Å². The molecule has 8 nitrogen and oxygen atoms in total. The monoisotopic (exact) mass is 406 g/mol. The number of hydrogen-bond acceptors (Lipinski definition) is 5. The number of fused-ring (bicyclic) bond motifs is 2. The van der Waals surface area contributed by atoms with Crippen LogP contribution < -0.4 is 9.47 Å². The predicted octanol–water partition coefficient (Wildman–Crippen LogP) is 3.72. The first-order valence-corrected chi connectivity index (χ1v) is 9.82. The fourth-order valence-electron chi connectivity index (χ4n) is 3.97. The van der Waals surface area contributed by atoms with Gasteiger partial charge in [-0.1, -0.05) is 0 Å². The zero-order valence-corrected chi connectivity index (χ0v) is 17.0. The summed E-state index contributed by atoms with van der Waals surface area (Å²) in [5.74, 6) is 1.41. The molecule has 5 rings (SSSR count). The number of imidazole rings is 1. The van der Waals surface area contributed by atoms with Crippen molar-refractivity contribution in [3.05, 3.63) is 35.9 Å². The third kappa shape index (κ3) is 2.87. The number of pyridine rings is 1. The Balaban J connectivity index is 1.77. The Kier molecular flexibility index (Phi) is 4.16. The van der Waals surface area contributed by atoms with Crippen molar-refractivity contribution in [3.8, 4) is 23.1 Å². The van der Waals surface area contributed by atoms with Gasteiger partial charge in [0.25, 0.3) is 0 Å². The molecule has 0 aliphatic heterocycles. The third-order valence-corrected chi connectivity index (χ3v) is 5.70. The van der Waals surface area contributed by atoms with Gasteiger partial charge < -0.3 is 23.7 Å². The molecular weight excluding hydrogens is 384 g/mol. The summed E-state index contributed by atoms with van der Waals surface area (Å²) in [5.41, 5.74) is 3.29. The summed E-state index contributed by atoms with van der Waals surface area (Å²) >= 11 is 0. The maximum Gasteiger partial charge on any atom is 0.335 e. The third-order valence-electron chi connectivity index (χ3n) is 5.70. The van der Waals surface area contributed by atoms with Crippen LogP contribution in [0.4, 0.5) is 0 Å². The number of aryl methyl sites for hydroxylation is 1. The molecule has 3 heterocycles. The number of ether oxygens (including phenoxy) is 2. The molecule has 1 aliphatic carbocycles. The molecule has 1 aromatic carbocycles. The number of aromatic carboxylic acids is 1. The zero-order chi connectivity index (χ0) is 21.0. The molecule has 1 aliphatic rings. The van der Waals surface area contributed by atoms with Gasteiger partial charge >= 0.3 is 5.97 Å². The SMILES string of the molecule is COc1ccc2cc(-c3nc4cc(C(=O)O)cc(OC)c4n3C)n(CC3CC3)c2n1. The molecule has 0 saturated heterocycles. The number of rotatable bonds is 6. The smallest absolute Gasteiger partial charge is 0.335 e. The topological polar surface area (TPSA) is 91.4 Å². The molecule has 0 unspecified atom stereocenters. The van der Waals surface area contributed by atoms with Gasteiger partial charge in [0, 0.05) is 25.0 Å². The molecule has 154 valence electrons. The molecule has 0 bridgehead atoms. The number of nitrogens with zero attached hydrogens (tertiary/aromatic N) is 4. The predicted molar refractivity (Wildman–Crippen MR) is 112 cm³/mol. The molecule has 1 saturated carbocycles. The number of aromatic nitrogens is 4. The zero-order valence-electron chi connectivity index (χ0n) is 17.0. The van der Waals surface area contributed by atoms with E-state index in [1.165, 1.54) is 26.0 Å². The molecule has 0 radical (unpaired) electrons. The Bertz CT molecular complexity index is 1300. The molecule has 0 atom stereocenters. The van der Waals surface area contributed by atoms with Gasteiger partial charge in [-0.2, -0.15) is 4.98 Å². The summed E-state index contributed by atoms with van der Waals surface area (Å²) in [4.78, 5) is 21.0. The first-order chi connectivity index (χ1) is 14.5. The maximum atomic E-state index is 11.5. The van der Waals surface area contributed by atoms with Gasteiger partial charge in [0.2, 0.25) is 5.88 Å². The average molecular weight is 406 g/mol. The molecule has 0 amide bonds. The van der Waals surface area contributed by atoms with Crippen molar-refractivity contribution in [3.63, 3.8) is 0 Å². The van der Waals surface area contributed by atoms with Crippen molar-refractivity contribution in [2.45, 2.75) is 19.4 Å². The fourth-order valence-corrected chi connectivity index (χ4v) is 3.97. The largest absolute Gasteiger partial charge is 0.494 e. The van der Waals surface area contributed by atoms with Crippen molar-refractivity contribution in [1.29, 1.82) is 0 Å². The summed E-state index contributed by atoms with van der Waals surface area (Å²) in [5, 5.41) is 10.4. The van der Waals surface area contributed by atoms with Gasteiger partial charge in [0.15, 0.2) is 5.82 Å². The first-order valence-electron chi connectivity index (χ1n) is 9.82. The Hall–Kier alpha value is -3.55. The second-order valence-corrected chi connectivity index (χ2v) is 7.70. The molecule has 1 N–H and O–H groups in total. The van der Waals surface area contributed by atoms with E-state index in [4.69, 9.17) is 14.5 Å². The van der Waals surface area contributed by atoms with Crippen molar-refractivity contribution in [2.24, 2.45) is 13.0 Å². The van der Waals surface area contributed by atoms with Gasteiger partial charge in [0.05, 0.1) is 31.0 Å². The van der Waals surface area contributed by atoms with E-state index in [2.05, 4.69) is 15.6 Å². The lowest BCUT2D eigenvalue weighted by Crippen LogP contribution is -2.06. The van der Waals surface area contributed by atoms with Crippen LogP contribution in [-0.2, 0) is 13.6 Å². The van der Waals surface area contributed by atoms with Gasteiger partial charge in [-0.3, -0.25) is 0 Å². The number of carboxylic acid groups (broad SMARTS) is 1. The minimum Gasteiger partial charge on any atom is -0.494 e. The van der Waals surface area contributed by atoms with Crippen LogP contribution in [0, 0.1) is 5.92 Å². The van der Waals surface area contributed by atoms with Crippen LogP contribution in [0.5, 0.6) is 11.6 Å². The number of carbonyl (C=O) groups is 1. The number of benzene rings is 1. The quantitative estimate of drug-likeness (QED) is 0.525. The van der Waals surface area contributed by atoms with Crippen LogP contribution in [0.2, 0.25) is 0 Å². The Morgan fingerprint density at radius 3 is 2.63 bits per heavy atom. The van der Waals surface area contributed by atoms with Crippen LogP contribution in [-0.4, -0.2) is 44.4 Å². The molecule has 3 aromatic heterocycles. The minimum absolute atomic E-state index is 0.147. The summed E-state index contributed by atoms with van der Waals surface area (Å²) in [6.45, 7) is 0.861. The Morgan fingerprint density at radius 1 is 1.17 bits per heavy atom. The van der Waals surface area contributed by atoms with Crippen molar-refractivity contribution < 1.29 is 19.4 Å². The highest BCUT2D eigenvalue weighted by atomic mass is 16.5. The number of carboxylic acids is 1. The highest BCUT2D eigenvalue weighted by molar-refractivity contribution is 5.96. The molecule has 0 spiro atoms. The lowest BCUT2D eigenvalue weighted by Gasteiger charge is -2.11. The molecule has 4 aromatic rings. The first kappa shape index (κ1) is 18.5. The van der Waals surface area contributed by atoms with Crippen molar-refractivity contribution in [1.82, 2.24) is 19.1 Å². The highest BCUT2D eigenvalue weighted by Crippen LogP contribution is 2.37. The Morgan fingerprint density at radius 2 is 1.97 bits per heavy atom. The van der Waals surface area contributed by atoms with Crippen LogP contribution in [0.25, 0.3) is 33.6 Å². The molecule has 30 heavy (non-hydrogen) atoms. The summed E-state index contributed by atoms with van der Waals surface area (Å²) < 4.78 is 15.0. The van der Waals surface area contributed by atoms with E-state index in [1.807, 2.05) is 23.7 Å². The standard InChI is InChI=1S/C22H22N4O4/c1-25-19-15(8-14(22(27)28)10-17(19)29-2)23-21(25)16-9-13-6-7-18(30-3)24-20(13)26(16)11-12-4-5-12/h6-10,12H,4-5,11H2,1-3H3,(H,27,28). The van der Waals surface area contributed by atoms with Crippen LogP contribution in [0.3, 0.4) is 0 Å². The number of methoxy groups -OCH3 is 2. The van der Waals surface area contributed by atoms with Gasteiger partial charge in [-0.25, -0.2) is 9.78 Å². The maximum absolute atomic E-state index is 11.5. The van der Waals surface area contributed by atoms with E-state index >= 15 is 0 Å². The summed E-state index contributed by atoms with van der Waals surface area (Å²) in [6, 6.07) is 9.04. The average Bonchev–Trinajstić information content (AvgIpc) is 3.42. The lowest BCUT2D eigenvalue weighted by atomic mass is 10.2. The lowest BCUT2D eigenvalue weighted by molar-refractivity contribution is 0.0696. The van der Waals surface area contributed by atoms with Gasteiger partial charge in [0.1, 0.15) is 16.9 Å². The van der Waals surface area contributed by atoms with E-state index in [0.29, 0.717) is 23.1 Å². The Labute approximate surface area is 172 Å². The van der Waals surface area contributed by atoms with E-state index < -0.39 is 5.97 Å². The van der Waals surface area contributed by atoms with Crippen LogP contribution >= 0.6 is 0 Å².